The number of benzene rings is 1. The quantitative estimate of drug-likeness (QED) is 0.719. The molecule has 0 N–H and O–H groups in total. The normalized spacial score (nSPS) is 19.1. The van der Waals surface area contributed by atoms with Gasteiger partial charge >= 0.3 is 0 Å². The summed E-state index contributed by atoms with van der Waals surface area (Å²) in [5, 5.41) is 9.39. The van der Waals surface area contributed by atoms with Crippen LogP contribution < -0.4 is 0 Å². The lowest BCUT2D eigenvalue weighted by atomic mass is 9.70. The van der Waals surface area contributed by atoms with Crippen LogP contribution in [0.1, 0.15) is 36.8 Å². The predicted molar refractivity (Wildman–Crippen MR) is 61.9 cm³/mol. The van der Waals surface area contributed by atoms with Crippen molar-refractivity contribution in [2.45, 2.75) is 38.0 Å². The molecular weight excluding hydrogens is 198 g/mol. The highest BCUT2D eigenvalue weighted by Gasteiger charge is 2.36. The molecule has 0 radical (unpaired) electrons. The summed E-state index contributed by atoms with van der Waals surface area (Å²) in [4.78, 5) is 11.2. The van der Waals surface area contributed by atoms with E-state index in [1.165, 1.54) is 5.56 Å². The highest BCUT2D eigenvalue weighted by Crippen LogP contribution is 2.37. The van der Waals surface area contributed by atoms with Gasteiger partial charge < -0.3 is 0 Å². The summed E-state index contributed by atoms with van der Waals surface area (Å²) in [6.45, 7) is 2.03. The van der Waals surface area contributed by atoms with Crippen molar-refractivity contribution in [2.75, 3.05) is 0 Å². The summed E-state index contributed by atoms with van der Waals surface area (Å²) >= 11 is 0. The van der Waals surface area contributed by atoms with E-state index in [-0.39, 0.29) is 5.78 Å². The number of ketones is 1. The van der Waals surface area contributed by atoms with Crippen LogP contribution in [0.15, 0.2) is 24.3 Å². The van der Waals surface area contributed by atoms with Gasteiger partial charge in [-0.15, -0.1) is 0 Å². The maximum atomic E-state index is 11.2. The van der Waals surface area contributed by atoms with Crippen LogP contribution >= 0.6 is 0 Å². The molecule has 0 spiro atoms. The van der Waals surface area contributed by atoms with Gasteiger partial charge in [0.05, 0.1) is 11.5 Å². The topological polar surface area (TPSA) is 40.9 Å². The highest BCUT2D eigenvalue weighted by molar-refractivity contribution is 5.80. The number of aryl methyl sites for hydroxylation is 1. The first kappa shape index (κ1) is 10.9. The third kappa shape index (κ3) is 1.86. The zero-order valence-electron chi connectivity index (χ0n) is 9.49. The zero-order chi connectivity index (χ0) is 11.6. The Morgan fingerprint density at radius 3 is 2.25 bits per heavy atom. The molecule has 1 saturated carbocycles. The maximum absolute atomic E-state index is 11.2. The summed E-state index contributed by atoms with van der Waals surface area (Å²) in [6.07, 6.45) is 2.43. The monoisotopic (exact) mass is 213 g/mol. The van der Waals surface area contributed by atoms with Crippen molar-refractivity contribution >= 4 is 5.78 Å². The van der Waals surface area contributed by atoms with Crippen molar-refractivity contribution in [3.05, 3.63) is 35.4 Å². The van der Waals surface area contributed by atoms with Gasteiger partial charge in [0.2, 0.25) is 0 Å². The second-order valence-electron chi connectivity index (χ2n) is 4.60. The van der Waals surface area contributed by atoms with Crippen LogP contribution in [0.5, 0.6) is 0 Å². The van der Waals surface area contributed by atoms with Gasteiger partial charge in [-0.05, 0) is 25.3 Å². The van der Waals surface area contributed by atoms with Crippen LogP contribution in [0.25, 0.3) is 0 Å². The average Bonchev–Trinajstić information content (AvgIpc) is 2.32. The second-order valence-corrected chi connectivity index (χ2v) is 4.60. The van der Waals surface area contributed by atoms with Gasteiger partial charge in [-0.3, -0.25) is 4.79 Å². The van der Waals surface area contributed by atoms with E-state index in [1.54, 1.807) is 0 Å². The van der Waals surface area contributed by atoms with Crippen molar-refractivity contribution in [3.8, 4) is 6.07 Å². The SMILES string of the molecule is Cc1ccc(C2(C#N)CCC(=O)CC2)cc1. The molecule has 1 fully saturated rings. The van der Waals surface area contributed by atoms with Crippen LogP contribution in [0, 0.1) is 18.3 Å². The number of hydrogen-bond donors (Lipinski definition) is 0. The summed E-state index contributed by atoms with van der Waals surface area (Å²) in [5.41, 5.74) is 1.83. The number of nitriles is 1. The molecule has 0 aliphatic heterocycles. The number of carbonyl (C=O) groups is 1. The largest absolute Gasteiger partial charge is 0.300 e. The number of rotatable bonds is 1. The van der Waals surface area contributed by atoms with Gasteiger partial charge in [0.1, 0.15) is 5.78 Å². The van der Waals surface area contributed by atoms with Crippen LogP contribution in [0.4, 0.5) is 0 Å². The molecule has 0 atom stereocenters. The number of nitrogens with zero attached hydrogens (tertiary/aromatic N) is 1. The Morgan fingerprint density at radius 1 is 1.19 bits per heavy atom. The molecule has 82 valence electrons. The Morgan fingerprint density at radius 2 is 1.75 bits per heavy atom. The van der Waals surface area contributed by atoms with Gasteiger partial charge in [0.25, 0.3) is 0 Å². The van der Waals surface area contributed by atoms with Gasteiger partial charge in [-0.1, -0.05) is 29.8 Å². The molecule has 0 saturated heterocycles. The molecule has 0 aromatic heterocycles. The van der Waals surface area contributed by atoms with E-state index in [1.807, 2.05) is 31.2 Å². The van der Waals surface area contributed by atoms with Crippen LogP contribution in [-0.4, -0.2) is 5.78 Å². The summed E-state index contributed by atoms with van der Waals surface area (Å²) < 4.78 is 0. The third-order valence-electron chi connectivity index (χ3n) is 3.48. The molecule has 16 heavy (non-hydrogen) atoms. The smallest absolute Gasteiger partial charge is 0.133 e. The average molecular weight is 213 g/mol. The molecule has 2 heteroatoms. The number of carbonyl (C=O) groups excluding carboxylic acids is 1. The van der Waals surface area contributed by atoms with Gasteiger partial charge in [-0.25, -0.2) is 0 Å². The molecular formula is C14H15NO. The molecule has 2 rings (SSSR count). The van der Waals surface area contributed by atoms with Crippen molar-refractivity contribution in [1.82, 2.24) is 0 Å². The lowest BCUT2D eigenvalue weighted by molar-refractivity contribution is -0.120. The maximum Gasteiger partial charge on any atom is 0.133 e. The minimum Gasteiger partial charge on any atom is -0.300 e. The minimum atomic E-state index is -0.429. The number of hydrogen-bond acceptors (Lipinski definition) is 2. The first-order valence-corrected chi connectivity index (χ1v) is 5.66. The van der Waals surface area contributed by atoms with Crippen molar-refractivity contribution < 1.29 is 4.79 Å². The van der Waals surface area contributed by atoms with Crippen molar-refractivity contribution in [2.24, 2.45) is 0 Å². The van der Waals surface area contributed by atoms with E-state index in [4.69, 9.17) is 0 Å². The Kier molecular flexibility index (Phi) is 2.78. The summed E-state index contributed by atoms with van der Waals surface area (Å²) in [6, 6.07) is 10.5. The molecule has 0 amide bonds. The predicted octanol–water partition coefficient (Wildman–Crippen LogP) is 2.90. The van der Waals surface area contributed by atoms with Crippen LogP contribution in [-0.2, 0) is 10.2 Å². The molecule has 1 aromatic carbocycles. The van der Waals surface area contributed by atoms with E-state index in [2.05, 4.69) is 6.07 Å². The lowest BCUT2D eigenvalue weighted by Crippen LogP contribution is -2.30. The molecule has 2 nitrogen and oxygen atoms in total. The van der Waals surface area contributed by atoms with Crippen LogP contribution in [0.3, 0.4) is 0 Å². The highest BCUT2D eigenvalue weighted by atomic mass is 16.1. The molecule has 0 heterocycles. The Bertz CT molecular complexity index is 429. The Labute approximate surface area is 95.9 Å². The molecule has 1 aliphatic rings. The molecule has 0 bridgehead atoms. The molecule has 0 unspecified atom stereocenters. The third-order valence-corrected chi connectivity index (χ3v) is 3.48. The van der Waals surface area contributed by atoms with Gasteiger partial charge in [0, 0.05) is 12.8 Å². The Balaban J connectivity index is 2.32. The molecule has 1 aliphatic carbocycles. The van der Waals surface area contributed by atoms with E-state index in [9.17, 15) is 10.1 Å². The fraction of sp³-hybridized carbons (Fsp3) is 0.429. The van der Waals surface area contributed by atoms with Gasteiger partial charge in [0.15, 0.2) is 0 Å². The standard InChI is InChI=1S/C14H15NO/c1-11-2-4-12(5-3-11)14(10-15)8-6-13(16)7-9-14/h2-5H,6-9H2,1H3. The van der Waals surface area contributed by atoms with Crippen molar-refractivity contribution in [1.29, 1.82) is 5.26 Å². The van der Waals surface area contributed by atoms with Gasteiger partial charge in [-0.2, -0.15) is 5.26 Å². The first-order chi connectivity index (χ1) is 7.66. The Hall–Kier alpha value is -1.62. The number of Topliss-reactive ketones (excluding diaryl/α,β-unsaturated/α-hetero) is 1. The fourth-order valence-electron chi connectivity index (χ4n) is 2.29. The second kappa shape index (κ2) is 4.09. The zero-order valence-corrected chi connectivity index (χ0v) is 9.49. The lowest BCUT2D eigenvalue weighted by Gasteiger charge is -2.30. The van der Waals surface area contributed by atoms with Crippen LogP contribution in [0.2, 0.25) is 0 Å². The van der Waals surface area contributed by atoms with E-state index in [0.29, 0.717) is 25.7 Å². The summed E-state index contributed by atoms with van der Waals surface area (Å²) in [7, 11) is 0. The molecule has 1 aromatic rings. The van der Waals surface area contributed by atoms with E-state index < -0.39 is 5.41 Å². The first-order valence-electron chi connectivity index (χ1n) is 5.66. The fourth-order valence-corrected chi connectivity index (χ4v) is 2.29. The van der Waals surface area contributed by atoms with E-state index >= 15 is 0 Å². The minimum absolute atomic E-state index is 0.290. The van der Waals surface area contributed by atoms with Crippen molar-refractivity contribution in [3.63, 3.8) is 0 Å². The van der Waals surface area contributed by atoms with E-state index in [0.717, 1.165) is 5.56 Å². The summed E-state index contributed by atoms with van der Waals surface area (Å²) in [5.74, 6) is 0.290.